The topological polar surface area (TPSA) is 81.9 Å². The summed E-state index contributed by atoms with van der Waals surface area (Å²) in [5, 5.41) is 2.96. The van der Waals surface area contributed by atoms with Gasteiger partial charge in [0.05, 0.1) is 30.7 Å². The summed E-state index contributed by atoms with van der Waals surface area (Å²) in [5.41, 5.74) is 0.907. The summed E-state index contributed by atoms with van der Waals surface area (Å²) in [4.78, 5) is 33.0. The molecule has 0 saturated heterocycles. The highest BCUT2D eigenvalue weighted by atomic mass is 35.5. The zero-order valence-corrected chi connectivity index (χ0v) is 20.3. The first kappa shape index (κ1) is 22.4. The van der Waals surface area contributed by atoms with Crippen LogP contribution in [0.2, 0.25) is 5.02 Å². The Morgan fingerprint density at radius 1 is 1.18 bits per heavy atom. The van der Waals surface area contributed by atoms with Crippen LogP contribution in [0.4, 0.5) is 5.13 Å². The molecule has 174 valence electrons. The maximum Gasteiger partial charge on any atom is 0.297 e. The molecule has 0 N–H and O–H groups in total. The number of thiazole rings is 1. The van der Waals surface area contributed by atoms with Gasteiger partial charge in [0.1, 0.15) is 5.58 Å². The average Bonchev–Trinajstić information content (AvgIpc) is 3.45. The van der Waals surface area contributed by atoms with Crippen molar-refractivity contribution in [2.75, 3.05) is 18.6 Å². The minimum absolute atomic E-state index is 0.000811. The van der Waals surface area contributed by atoms with Gasteiger partial charge in [-0.05, 0) is 41.8 Å². The van der Waals surface area contributed by atoms with E-state index in [1.54, 1.807) is 49.0 Å². The second-order valence-corrected chi connectivity index (χ2v) is 9.63. The molecule has 0 fully saturated rings. The summed E-state index contributed by atoms with van der Waals surface area (Å²) < 4.78 is 17.4. The summed E-state index contributed by atoms with van der Waals surface area (Å²) in [5.74, 6) is 1.00. The van der Waals surface area contributed by atoms with Gasteiger partial charge in [0.2, 0.25) is 5.76 Å². The Morgan fingerprint density at radius 2 is 2.00 bits per heavy atom. The number of fused-ring (bicyclic) bond motifs is 2. The number of ether oxygens (including phenoxy) is 2. The number of hydrogen-bond donors (Lipinski definition) is 0. The second-order valence-electron chi connectivity index (χ2n) is 8.32. The molecule has 0 spiro atoms. The van der Waals surface area contributed by atoms with E-state index in [2.05, 4.69) is 18.8 Å². The summed E-state index contributed by atoms with van der Waals surface area (Å²) in [6.45, 7) is 4.65. The number of anilines is 1. The fraction of sp³-hybridized carbons (Fsp3) is 0.240. The number of methoxy groups -OCH3 is 1. The van der Waals surface area contributed by atoms with Gasteiger partial charge in [0.15, 0.2) is 22.1 Å². The van der Waals surface area contributed by atoms with Crippen LogP contribution >= 0.6 is 22.9 Å². The molecule has 1 aliphatic heterocycles. The molecule has 7 nitrogen and oxygen atoms in total. The molecule has 1 amide bonds. The maximum atomic E-state index is 13.6. The summed E-state index contributed by atoms with van der Waals surface area (Å²) in [7, 11) is 1.55. The molecule has 1 atom stereocenters. The molecular formula is C25H21ClN2O5S. The molecule has 5 rings (SSSR count). The molecule has 0 radical (unpaired) electrons. The van der Waals surface area contributed by atoms with Crippen molar-refractivity contribution in [2.45, 2.75) is 19.9 Å². The molecule has 34 heavy (non-hydrogen) atoms. The number of hydrogen-bond acceptors (Lipinski definition) is 7. The molecule has 3 heterocycles. The van der Waals surface area contributed by atoms with E-state index >= 15 is 0 Å². The van der Waals surface area contributed by atoms with Crippen molar-refractivity contribution in [1.82, 2.24) is 4.98 Å². The predicted molar refractivity (Wildman–Crippen MR) is 132 cm³/mol. The lowest BCUT2D eigenvalue weighted by atomic mass is 9.98. The molecular weight excluding hydrogens is 476 g/mol. The van der Waals surface area contributed by atoms with Crippen LogP contribution in [-0.4, -0.2) is 24.6 Å². The van der Waals surface area contributed by atoms with Crippen molar-refractivity contribution >= 4 is 44.9 Å². The van der Waals surface area contributed by atoms with Gasteiger partial charge >= 0.3 is 0 Å². The first-order valence-electron chi connectivity index (χ1n) is 10.7. The lowest BCUT2D eigenvalue weighted by Gasteiger charge is -2.23. The molecule has 2 aromatic carbocycles. The molecule has 1 aliphatic rings. The molecule has 0 aliphatic carbocycles. The Balaban J connectivity index is 1.72. The molecule has 1 unspecified atom stereocenters. The van der Waals surface area contributed by atoms with Gasteiger partial charge < -0.3 is 13.9 Å². The van der Waals surface area contributed by atoms with Crippen molar-refractivity contribution in [1.29, 1.82) is 0 Å². The predicted octanol–water partition coefficient (Wildman–Crippen LogP) is 5.70. The van der Waals surface area contributed by atoms with Gasteiger partial charge in [0, 0.05) is 16.6 Å². The summed E-state index contributed by atoms with van der Waals surface area (Å²) in [6, 6.07) is 9.42. The van der Waals surface area contributed by atoms with Crippen LogP contribution in [0, 0.1) is 5.92 Å². The second kappa shape index (κ2) is 8.77. The van der Waals surface area contributed by atoms with Crippen LogP contribution in [0.3, 0.4) is 0 Å². The third-order valence-corrected chi connectivity index (χ3v) is 6.54. The van der Waals surface area contributed by atoms with Crippen molar-refractivity contribution in [3.8, 4) is 11.5 Å². The normalized spacial score (nSPS) is 15.3. The SMILES string of the molecule is COc1cc(C2c3c(oc4ccc(Cl)cc4c3=O)C(=O)N2c2nccs2)ccc1OCC(C)C. The highest BCUT2D eigenvalue weighted by Crippen LogP contribution is 2.43. The number of carbonyl (C=O) groups is 1. The van der Waals surface area contributed by atoms with Crippen LogP contribution in [0.25, 0.3) is 11.0 Å². The Morgan fingerprint density at radius 3 is 2.71 bits per heavy atom. The highest BCUT2D eigenvalue weighted by molar-refractivity contribution is 7.13. The van der Waals surface area contributed by atoms with E-state index < -0.39 is 11.9 Å². The smallest absolute Gasteiger partial charge is 0.297 e. The molecule has 2 aromatic heterocycles. The lowest BCUT2D eigenvalue weighted by molar-refractivity contribution is 0.0971. The largest absolute Gasteiger partial charge is 0.493 e. The number of halogens is 1. The van der Waals surface area contributed by atoms with E-state index in [1.807, 2.05) is 6.07 Å². The van der Waals surface area contributed by atoms with Crippen molar-refractivity contribution in [3.63, 3.8) is 0 Å². The number of carbonyl (C=O) groups excluding carboxylic acids is 1. The average molecular weight is 497 g/mol. The van der Waals surface area contributed by atoms with Crippen LogP contribution in [-0.2, 0) is 0 Å². The van der Waals surface area contributed by atoms with E-state index in [0.29, 0.717) is 50.7 Å². The van der Waals surface area contributed by atoms with E-state index in [9.17, 15) is 9.59 Å². The Labute approximate surface area is 204 Å². The van der Waals surface area contributed by atoms with E-state index in [-0.39, 0.29) is 16.8 Å². The first-order chi connectivity index (χ1) is 16.4. The number of aromatic nitrogens is 1. The van der Waals surface area contributed by atoms with Gasteiger partial charge in [-0.3, -0.25) is 14.5 Å². The number of rotatable bonds is 6. The fourth-order valence-corrected chi connectivity index (χ4v) is 4.86. The third kappa shape index (κ3) is 3.73. The maximum absolute atomic E-state index is 13.6. The minimum Gasteiger partial charge on any atom is -0.493 e. The van der Waals surface area contributed by atoms with Crippen LogP contribution in [0.1, 0.15) is 41.6 Å². The monoisotopic (exact) mass is 496 g/mol. The first-order valence-corrected chi connectivity index (χ1v) is 11.9. The van der Waals surface area contributed by atoms with Gasteiger partial charge in [-0.2, -0.15) is 0 Å². The van der Waals surface area contributed by atoms with Crippen molar-refractivity contribution in [3.05, 3.63) is 80.1 Å². The number of nitrogens with zero attached hydrogens (tertiary/aromatic N) is 2. The molecule has 4 aromatic rings. The standard InChI is InChI=1S/C25H21ClN2O5S/c1-13(2)12-32-18-6-4-14(10-19(18)31-3)21-20-22(29)16-11-15(26)5-7-17(16)33-23(20)24(30)28(21)25-27-8-9-34-25/h4-11,13,21H,12H2,1-3H3. The summed E-state index contributed by atoms with van der Waals surface area (Å²) >= 11 is 7.45. The highest BCUT2D eigenvalue weighted by Gasteiger charge is 2.45. The van der Waals surface area contributed by atoms with E-state index in [1.165, 1.54) is 16.2 Å². The van der Waals surface area contributed by atoms with Crippen molar-refractivity contribution in [2.24, 2.45) is 5.92 Å². The van der Waals surface area contributed by atoms with E-state index in [4.69, 9.17) is 25.5 Å². The van der Waals surface area contributed by atoms with E-state index in [0.717, 1.165) is 0 Å². The van der Waals surface area contributed by atoms with Gasteiger partial charge in [-0.25, -0.2) is 4.98 Å². The molecule has 9 heteroatoms. The number of benzene rings is 2. The zero-order chi connectivity index (χ0) is 24.0. The van der Waals surface area contributed by atoms with Crippen LogP contribution in [0.5, 0.6) is 11.5 Å². The summed E-state index contributed by atoms with van der Waals surface area (Å²) in [6.07, 6.45) is 1.61. The molecule has 0 bridgehead atoms. The van der Waals surface area contributed by atoms with Crippen LogP contribution in [0.15, 0.2) is 57.2 Å². The lowest BCUT2D eigenvalue weighted by Crippen LogP contribution is -2.29. The van der Waals surface area contributed by atoms with Gasteiger partial charge in [-0.1, -0.05) is 31.5 Å². The third-order valence-electron chi connectivity index (χ3n) is 5.53. The number of amides is 1. The van der Waals surface area contributed by atoms with Crippen molar-refractivity contribution < 1.29 is 18.7 Å². The molecule has 0 saturated carbocycles. The minimum atomic E-state index is -0.749. The Hall–Kier alpha value is -3.36. The Bertz CT molecular complexity index is 1450. The van der Waals surface area contributed by atoms with Crippen LogP contribution < -0.4 is 19.8 Å². The zero-order valence-electron chi connectivity index (χ0n) is 18.7. The van der Waals surface area contributed by atoms with Gasteiger partial charge in [-0.15, -0.1) is 11.3 Å². The van der Waals surface area contributed by atoms with Gasteiger partial charge in [0.25, 0.3) is 5.91 Å². The Kier molecular flexibility index (Phi) is 5.79. The fourth-order valence-electron chi connectivity index (χ4n) is 4.02. The quantitative estimate of drug-likeness (QED) is 0.341.